The molecule has 7 nitrogen and oxygen atoms in total. The highest BCUT2D eigenvalue weighted by atomic mass is 35.5. The summed E-state index contributed by atoms with van der Waals surface area (Å²) < 4.78 is 1.89. The molecular formula is C22H24ClN5O2S. The Labute approximate surface area is 190 Å². The first kappa shape index (κ1) is 22.8. The van der Waals surface area contributed by atoms with Crippen molar-refractivity contribution in [2.45, 2.75) is 38.5 Å². The number of hydrogen-bond donors (Lipinski definition) is 2. The molecule has 0 spiro atoms. The molecule has 0 fully saturated rings. The summed E-state index contributed by atoms with van der Waals surface area (Å²) in [6, 6.07) is 15.0. The maximum absolute atomic E-state index is 12.3. The van der Waals surface area contributed by atoms with Gasteiger partial charge in [0.15, 0.2) is 11.0 Å². The van der Waals surface area contributed by atoms with E-state index in [1.807, 2.05) is 60.9 Å². The number of amides is 2. The minimum Gasteiger partial charge on any atom is -0.349 e. The summed E-state index contributed by atoms with van der Waals surface area (Å²) in [5.74, 6) is 0.594. The number of nitrogens with one attached hydrogen (secondary N) is 2. The van der Waals surface area contributed by atoms with Crippen molar-refractivity contribution in [3.05, 3.63) is 70.5 Å². The van der Waals surface area contributed by atoms with Gasteiger partial charge in [-0.1, -0.05) is 59.8 Å². The lowest BCUT2D eigenvalue weighted by molar-refractivity contribution is -0.120. The van der Waals surface area contributed by atoms with E-state index < -0.39 is 0 Å². The van der Waals surface area contributed by atoms with Crippen LogP contribution in [0.15, 0.2) is 53.7 Å². The van der Waals surface area contributed by atoms with Crippen molar-refractivity contribution in [3.63, 3.8) is 0 Å². The van der Waals surface area contributed by atoms with Gasteiger partial charge >= 0.3 is 0 Å². The number of rotatable bonds is 9. The van der Waals surface area contributed by atoms with E-state index in [9.17, 15) is 9.59 Å². The van der Waals surface area contributed by atoms with E-state index in [1.165, 1.54) is 11.8 Å². The molecular weight excluding hydrogens is 434 g/mol. The van der Waals surface area contributed by atoms with Crippen molar-refractivity contribution in [3.8, 4) is 0 Å². The summed E-state index contributed by atoms with van der Waals surface area (Å²) in [5.41, 5.74) is 2.56. The molecule has 0 atom stereocenters. The average Bonchev–Trinajstić information content (AvgIpc) is 3.16. The highest BCUT2D eigenvalue weighted by Gasteiger charge is 2.14. The Kier molecular flexibility index (Phi) is 8.08. The lowest BCUT2D eigenvalue weighted by atomic mass is 10.1. The van der Waals surface area contributed by atoms with E-state index in [0.29, 0.717) is 34.7 Å². The molecule has 0 bridgehead atoms. The second kappa shape index (κ2) is 11.0. The first-order valence-electron chi connectivity index (χ1n) is 9.87. The molecule has 2 N–H and O–H groups in total. The molecule has 0 unspecified atom stereocenters. The Morgan fingerprint density at radius 3 is 2.58 bits per heavy atom. The van der Waals surface area contributed by atoms with E-state index in [-0.39, 0.29) is 24.1 Å². The third-order valence-electron chi connectivity index (χ3n) is 4.55. The second-order valence-corrected chi connectivity index (χ2v) is 8.23. The minimum atomic E-state index is -0.159. The summed E-state index contributed by atoms with van der Waals surface area (Å²) in [7, 11) is 0. The predicted octanol–water partition coefficient (Wildman–Crippen LogP) is 3.85. The van der Waals surface area contributed by atoms with E-state index in [0.717, 1.165) is 11.1 Å². The fraction of sp³-hybridized carbons (Fsp3) is 0.273. The quantitative estimate of drug-likeness (QED) is 0.476. The van der Waals surface area contributed by atoms with Crippen molar-refractivity contribution < 1.29 is 9.59 Å². The van der Waals surface area contributed by atoms with Crippen LogP contribution in [0.2, 0.25) is 5.02 Å². The van der Waals surface area contributed by atoms with Gasteiger partial charge in [-0.25, -0.2) is 0 Å². The largest absolute Gasteiger partial charge is 0.349 e. The van der Waals surface area contributed by atoms with Gasteiger partial charge in [-0.2, -0.15) is 0 Å². The Morgan fingerprint density at radius 2 is 1.87 bits per heavy atom. The van der Waals surface area contributed by atoms with Gasteiger partial charge in [0.1, 0.15) is 0 Å². The van der Waals surface area contributed by atoms with Crippen molar-refractivity contribution in [2.75, 3.05) is 11.1 Å². The van der Waals surface area contributed by atoms with Gasteiger partial charge in [0, 0.05) is 17.3 Å². The number of benzene rings is 2. The van der Waals surface area contributed by atoms with Gasteiger partial charge in [-0.15, -0.1) is 10.2 Å². The molecule has 1 heterocycles. The number of halogens is 1. The Morgan fingerprint density at radius 1 is 1.10 bits per heavy atom. The molecule has 0 radical (unpaired) electrons. The normalized spacial score (nSPS) is 10.7. The first-order valence-corrected chi connectivity index (χ1v) is 11.2. The SMILES string of the molecule is CCn1c(CNC(=O)Cc2ccccc2)nnc1SCC(=O)Nc1ccc(C)c(Cl)c1. The van der Waals surface area contributed by atoms with Gasteiger partial charge in [0.2, 0.25) is 11.8 Å². The Bertz CT molecular complexity index is 1060. The fourth-order valence-electron chi connectivity index (χ4n) is 2.89. The van der Waals surface area contributed by atoms with Gasteiger partial charge < -0.3 is 15.2 Å². The number of aryl methyl sites for hydroxylation is 1. The molecule has 9 heteroatoms. The van der Waals surface area contributed by atoms with Gasteiger partial charge in [-0.05, 0) is 37.1 Å². The van der Waals surface area contributed by atoms with Crippen LogP contribution in [0.4, 0.5) is 5.69 Å². The number of carbonyl (C=O) groups excluding carboxylic acids is 2. The Hall–Kier alpha value is -2.84. The molecule has 3 aromatic rings. The Balaban J connectivity index is 1.52. The van der Waals surface area contributed by atoms with Crippen molar-refractivity contribution >= 4 is 40.9 Å². The molecule has 162 valence electrons. The van der Waals surface area contributed by atoms with E-state index in [4.69, 9.17) is 11.6 Å². The molecule has 0 aliphatic heterocycles. The minimum absolute atomic E-state index is 0.0813. The summed E-state index contributed by atoms with van der Waals surface area (Å²) in [4.78, 5) is 24.5. The van der Waals surface area contributed by atoms with Crippen LogP contribution in [0.3, 0.4) is 0 Å². The monoisotopic (exact) mass is 457 g/mol. The predicted molar refractivity (Wildman–Crippen MR) is 123 cm³/mol. The van der Waals surface area contributed by atoms with Crippen LogP contribution in [0.5, 0.6) is 0 Å². The van der Waals surface area contributed by atoms with Crippen LogP contribution in [-0.4, -0.2) is 32.3 Å². The van der Waals surface area contributed by atoms with Crippen LogP contribution in [0.25, 0.3) is 0 Å². The zero-order valence-electron chi connectivity index (χ0n) is 17.4. The molecule has 0 saturated carbocycles. The fourth-order valence-corrected chi connectivity index (χ4v) is 3.90. The maximum Gasteiger partial charge on any atom is 0.234 e. The zero-order chi connectivity index (χ0) is 22.2. The number of anilines is 1. The number of aromatic nitrogens is 3. The van der Waals surface area contributed by atoms with Crippen LogP contribution in [0, 0.1) is 6.92 Å². The lowest BCUT2D eigenvalue weighted by Gasteiger charge is -2.09. The topological polar surface area (TPSA) is 88.9 Å². The summed E-state index contributed by atoms with van der Waals surface area (Å²) in [5, 5.41) is 15.3. The van der Waals surface area contributed by atoms with Crippen molar-refractivity contribution in [1.82, 2.24) is 20.1 Å². The molecule has 0 saturated heterocycles. The number of thioether (sulfide) groups is 1. The van der Waals surface area contributed by atoms with Gasteiger partial charge in [-0.3, -0.25) is 9.59 Å². The molecule has 3 rings (SSSR count). The van der Waals surface area contributed by atoms with E-state index in [2.05, 4.69) is 20.8 Å². The van der Waals surface area contributed by atoms with Crippen LogP contribution >= 0.6 is 23.4 Å². The van der Waals surface area contributed by atoms with Gasteiger partial charge in [0.25, 0.3) is 0 Å². The molecule has 0 aliphatic rings. The highest BCUT2D eigenvalue weighted by molar-refractivity contribution is 7.99. The van der Waals surface area contributed by atoms with Crippen molar-refractivity contribution in [1.29, 1.82) is 0 Å². The van der Waals surface area contributed by atoms with Crippen LogP contribution in [-0.2, 0) is 29.1 Å². The molecule has 0 aliphatic carbocycles. The molecule has 2 amide bonds. The second-order valence-electron chi connectivity index (χ2n) is 6.88. The smallest absolute Gasteiger partial charge is 0.234 e. The number of nitrogens with zero attached hydrogens (tertiary/aromatic N) is 3. The van der Waals surface area contributed by atoms with E-state index >= 15 is 0 Å². The third-order valence-corrected chi connectivity index (χ3v) is 5.92. The molecule has 31 heavy (non-hydrogen) atoms. The number of hydrogen-bond acceptors (Lipinski definition) is 5. The first-order chi connectivity index (χ1) is 15.0. The van der Waals surface area contributed by atoms with E-state index in [1.54, 1.807) is 6.07 Å². The van der Waals surface area contributed by atoms with Gasteiger partial charge in [0.05, 0.1) is 18.7 Å². The van der Waals surface area contributed by atoms with Crippen LogP contribution in [0.1, 0.15) is 23.9 Å². The lowest BCUT2D eigenvalue weighted by Crippen LogP contribution is -2.26. The summed E-state index contributed by atoms with van der Waals surface area (Å²) in [6.45, 7) is 4.79. The third kappa shape index (κ3) is 6.57. The molecule has 1 aromatic heterocycles. The number of carbonyl (C=O) groups is 2. The molecule has 2 aromatic carbocycles. The highest BCUT2D eigenvalue weighted by Crippen LogP contribution is 2.21. The average molecular weight is 458 g/mol. The summed E-state index contributed by atoms with van der Waals surface area (Å²) >= 11 is 7.40. The summed E-state index contributed by atoms with van der Waals surface area (Å²) in [6.07, 6.45) is 0.311. The standard InChI is InChI=1S/C22H24ClN5O2S/c1-3-28-19(13-24-20(29)11-16-7-5-4-6-8-16)26-27-22(28)31-14-21(30)25-17-10-9-15(2)18(23)12-17/h4-10,12H,3,11,13-14H2,1-2H3,(H,24,29)(H,25,30). The van der Waals surface area contributed by atoms with Crippen LogP contribution < -0.4 is 10.6 Å². The van der Waals surface area contributed by atoms with Crippen molar-refractivity contribution in [2.24, 2.45) is 0 Å². The zero-order valence-corrected chi connectivity index (χ0v) is 19.0. The maximum atomic E-state index is 12.3.